The van der Waals surface area contributed by atoms with Crippen LogP contribution in [0, 0.1) is 5.82 Å². The van der Waals surface area contributed by atoms with E-state index >= 15 is 0 Å². The first kappa shape index (κ1) is 23.8. The zero-order valence-electron chi connectivity index (χ0n) is 17.8. The highest BCUT2D eigenvalue weighted by Gasteiger charge is 2.15. The van der Waals surface area contributed by atoms with Crippen LogP contribution in [0.4, 0.5) is 10.1 Å². The molecule has 0 bridgehead atoms. The molecule has 32 heavy (non-hydrogen) atoms. The van der Waals surface area contributed by atoms with E-state index < -0.39 is 0 Å². The van der Waals surface area contributed by atoms with Crippen molar-refractivity contribution in [1.29, 1.82) is 0 Å². The van der Waals surface area contributed by atoms with Gasteiger partial charge in [-0.2, -0.15) is 0 Å². The van der Waals surface area contributed by atoms with Crippen molar-refractivity contribution in [3.05, 3.63) is 59.5 Å². The highest BCUT2D eigenvalue weighted by Crippen LogP contribution is 2.26. The molecule has 2 heterocycles. The number of aromatic amines is 1. The Bertz CT molecular complexity index is 1110. The van der Waals surface area contributed by atoms with Crippen LogP contribution in [0.2, 0.25) is 0 Å². The molecule has 1 aromatic heterocycles. The lowest BCUT2D eigenvalue weighted by Crippen LogP contribution is -2.40. The average molecular weight is 551 g/mol. The average Bonchev–Trinajstić information content (AvgIpc) is 3.17. The van der Waals surface area contributed by atoms with Gasteiger partial charge in [0.15, 0.2) is 5.96 Å². The van der Waals surface area contributed by atoms with Crippen LogP contribution in [-0.2, 0) is 17.6 Å². The van der Waals surface area contributed by atoms with Gasteiger partial charge in [0.05, 0.1) is 6.54 Å². The van der Waals surface area contributed by atoms with Gasteiger partial charge in [-0.3, -0.25) is 9.79 Å². The van der Waals surface area contributed by atoms with E-state index in [0.29, 0.717) is 32.1 Å². The molecule has 1 aliphatic rings. The summed E-state index contributed by atoms with van der Waals surface area (Å²) in [5, 5.41) is 10.4. The monoisotopic (exact) mass is 551 g/mol. The van der Waals surface area contributed by atoms with E-state index in [9.17, 15) is 9.18 Å². The molecule has 7 nitrogen and oxygen atoms in total. The minimum atomic E-state index is -0.243. The fraction of sp³-hybridized carbons (Fsp3) is 0.304. The number of nitrogens with one attached hydrogen (secondary N) is 4. The van der Waals surface area contributed by atoms with E-state index in [0.717, 1.165) is 46.3 Å². The second kappa shape index (κ2) is 11.2. The number of hydrogen-bond acceptors (Lipinski definition) is 3. The predicted molar refractivity (Wildman–Crippen MR) is 136 cm³/mol. The summed E-state index contributed by atoms with van der Waals surface area (Å²) in [6.07, 6.45) is 3.95. The number of carbonyl (C=O) groups is 1. The highest BCUT2D eigenvalue weighted by atomic mass is 127. The van der Waals surface area contributed by atoms with Gasteiger partial charge in [0.2, 0.25) is 5.91 Å². The molecule has 0 saturated carbocycles. The number of hydrogen-bond donors (Lipinski definition) is 4. The van der Waals surface area contributed by atoms with E-state index in [1.54, 1.807) is 13.1 Å². The van der Waals surface area contributed by atoms with Gasteiger partial charge >= 0.3 is 0 Å². The maximum Gasteiger partial charge on any atom is 0.224 e. The Kier molecular flexibility index (Phi) is 8.32. The number of nitrogens with zero attached hydrogens (tertiary/aromatic N) is 1. The number of amides is 1. The molecule has 0 atom stereocenters. The first-order valence-electron chi connectivity index (χ1n) is 10.4. The second-order valence-corrected chi connectivity index (χ2v) is 7.40. The summed E-state index contributed by atoms with van der Waals surface area (Å²) in [6.45, 7) is 1.78. The normalized spacial score (nSPS) is 13.2. The van der Waals surface area contributed by atoms with Crippen LogP contribution in [0.5, 0.6) is 5.75 Å². The van der Waals surface area contributed by atoms with Gasteiger partial charge in [0, 0.05) is 42.8 Å². The Morgan fingerprint density at radius 2 is 2.00 bits per heavy atom. The summed E-state index contributed by atoms with van der Waals surface area (Å²) < 4.78 is 19.1. The molecule has 1 aliphatic heterocycles. The minimum absolute atomic E-state index is 0. The summed E-state index contributed by atoms with van der Waals surface area (Å²) in [6, 6.07) is 10.5. The fourth-order valence-electron chi connectivity index (χ4n) is 3.69. The summed E-state index contributed by atoms with van der Waals surface area (Å²) in [7, 11) is 1.72. The van der Waals surface area contributed by atoms with Crippen molar-refractivity contribution >= 4 is 52.4 Å². The van der Waals surface area contributed by atoms with Gasteiger partial charge in [-0.25, -0.2) is 4.39 Å². The SMILES string of the molecule is CN=C(NCCOc1ccc2c(c1)CCC(=O)N2)NCCc1c[nH]c2cc(F)ccc12.I. The first-order chi connectivity index (χ1) is 15.1. The van der Waals surface area contributed by atoms with Crippen LogP contribution in [0.15, 0.2) is 47.6 Å². The molecule has 1 amide bonds. The van der Waals surface area contributed by atoms with Crippen LogP contribution >= 0.6 is 24.0 Å². The molecule has 3 aromatic rings. The molecule has 2 aromatic carbocycles. The lowest BCUT2D eigenvalue weighted by Gasteiger charge is -2.18. The molecule has 0 aliphatic carbocycles. The number of aromatic nitrogens is 1. The van der Waals surface area contributed by atoms with Gasteiger partial charge in [-0.05, 0) is 60.4 Å². The van der Waals surface area contributed by atoms with Crippen molar-refractivity contribution in [3.8, 4) is 5.75 Å². The first-order valence-corrected chi connectivity index (χ1v) is 10.4. The van der Waals surface area contributed by atoms with Crippen molar-refractivity contribution in [2.75, 3.05) is 32.1 Å². The number of rotatable bonds is 7. The van der Waals surface area contributed by atoms with Crippen LogP contribution in [0.1, 0.15) is 17.5 Å². The quantitative estimate of drug-likeness (QED) is 0.156. The number of ether oxygens (including phenoxy) is 1. The minimum Gasteiger partial charge on any atom is -0.492 e. The summed E-state index contributed by atoms with van der Waals surface area (Å²) >= 11 is 0. The molecular formula is C23H27FIN5O2. The molecule has 9 heteroatoms. The lowest BCUT2D eigenvalue weighted by atomic mass is 10.0. The molecule has 0 radical (unpaired) electrons. The van der Waals surface area contributed by atoms with E-state index in [-0.39, 0.29) is 35.7 Å². The Morgan fingerprint density at radius 3 is 2.84 bits per heavy atom. The number of guanidine groups is 1. The second-order valence-electron chi connectivity index (χ2n) is 7.40. The molecule has 170 valence electrons. The van der Waals surface area contributed by atoms with Crippen LogP contribution in [-0.4, -0.2) is 43.6 Å². The maximum atomic E-state index is 13.3. The molecule has 0 fully saturated rings. The number of anilines is 1. The van der Waals surface area contributed by atoms with Crippen molar-refractivity contribution in [2.45, 2.75) is 19.3 Å². The molecule has 4 N–H and O–H groups in total. The molecule has 0 unspecified atom stereocenters. The predicted octanol–water partition coefficient (Wildman–Crippen LogP) is 3.60. The number of halogens is 2. The number of carbonyl (C=O) groups excluding carboxylic acids is 1. The Labute approximate surface area is 203 Å². The lowest BCUT2D eigenvalue weighted by molar-refractivity contribution is -0.116. The number of H-pyrrole nitrogens is 1. The number of aliphatic imine (C=N–C) groups is 1. The largest absolute Gasteiger partial charge is 0.492 e. The summed E-state index contributed by atoms with van der Waals surface area (Å²) in [4.78, 5) is 18.8. The topological polar surface area (TPSA) is 90.5 Å². The molecule has 4 rings (SSSR count). The van der Waals surface area contributed by atoms with E-state index in [1.807, 2.05) is 24.4 Å². The molecule has 0 spiro atoms. The van der Waals surface area contributed by atoms with E-state index in [1.165, 1.54) is 12.1 Å². The zero-order valence-corrected chi connectivity index (χ0v) is 20.2. The highest BCUT2D eigenvalue weighted by molar-refractivity contribution is 14.0. The Balaban J connectivity index is 0.00000289. The van der Waals surface area contributed by atoms with E-state index in [2.05, 4.69) is 25.9 Å². The third-order valence-electron chi connectivity index (χ3n) is 5.28. The van der Waals surface area contributed by atoms with Gasteiger partial charge in [-0.15, -0.1) is 24.0 Å². The third kappa shape index (κ3) is 5.90. The van der Waals surface area contributed by atoms with Gasteiger partial charge in [0.25, 0.3) is 0 Å². The third-order valence-corrected chi connectivity index (χ3v) is 5.28. The van der Waals surface area contributed by atoms with Crippen molar-refractivity contribution in [3.63, 3.8) is 0 Å². The fourth-order valence-corrected chi connectivity index (χ4v) is 3.69. The zero-order chi connectivity index (χ0) is 21.6. The molecule has 0 saturated heterocycles. The Hall–Kier alpha value is -2.82. The van der Waals surface area contributed by atoms with E-state index in [4.69, 9.17) is 4.74 Å². The number of benzene rings is 2. The van der Waals surface area contributed by atoms with Crippen molar-refractivity contribution in [2.24, 2.45) is 4.99 Å². The standard InChI is InChI=1S/C23H26FN5O2.HI/c1-25-23(26-9-8-16-14-28-21-13-17(24)3-5-19(16)21)27-10-11-31-18-4-6-20-15(12-18)2-7-22(30)29-20;/h3-6,12-14,28H,2,7-11H2,1H3,(H,29,30)(H2,25,26,27);1H. The van der Waals surface area contributed by atoms with Crippen LogP contribution in [0.25, 0.3) is 10.9 Å². The molecular weight excluding hydrogens is 524 g/mol. The van der Waals surface area contributed by atoms with Crippen LogP contribution in [0.3, 0.4) is 0 Å². The van der Waals surface area contributed by atoms with Gasteiger partial charge in [-0.1, -0.05) is 0 Å². The van der Waals surface area contributed by atoms with Crippen molar-refractivity contribution < 1.29 is 13.9 Å². The maximum absolute atomic E-state index is 13.3. The van der Waals surface area contributed by atoms with Gasteiger partial charge in [0.1, 0.15) is 18.2 Å². The summed E-state index contributed by atoms with van der Waals surface area (Å²) in [5.74, 6) is 1.30. The smallest absolute Gasteiger partial charge is 0.224 e. The Morgan fingerprint density at radius 1 is 1.16 bits per heavy atom. The number of aryl methyl sites for hydroxylation is 1. The van der Waals surface area contributed by atoms with Crippen molar-refractivity contribution in [1.82, 2.24) is 15.6 Å². The van der Waals surface area contributed by atoms with Gasteiger partial charge < -0.3 is 25.7 Å². The van der Waals surface area contributed by atoms with Crippen LogP contribution < -0.4 is 20.7 Å². The summed E-state index contributed by atoms with van der Waals surface area (Å²) in [5.41, 5.74) is 3.90. The number of fused-ring (bicyclic) bond motifs is 2.